The number of hydrogen-bond acceptors (Lipinski definition) is 6. The molecule has 198 valence electrons. The van der Waals surface area contributed by atoms with E-state index in [1.807, 2.05) is 50.2 Å². The Morgan fingerprint density at radius 3 is 2.03 bits per heavy atom. The van der Waals surface area contributed by atoms with E-state index < -0.39 is 17.7 Å². The number of carbonyl (C=O) groups excluding carboxylic acids is 2. The summed E-state index contributed by atoms with van der Waals surface area (Å²) in [5.74, 6) is 0.0438. The Kier molecular flexibility index (Phi) is 8.05. The Labute approximate surface area is 223 Å². The molecule has 1 aliphatic heterocycles. The molecule has 1 atom stereocenters. The number of ether oxygens (including phenoxy) is 2. The van der Waals surface area contributed by atoms with E-state index in [2.05, 4.69) is 13.8 Å². The molecule has 7 nitrogen and oxygen atoms in total. The Morgan fingerprint density at radius 1 is 0.895 bits per heavy atom. The zero-order valence-electron chi connectivity index (χ0n) is 22.5. The molecular weight excluding hydrogens is 480 g/mol. The van der Waals surface area contributed by atoms with Gasteiger partial charge in [0.15, 0.2) is 0 Å². The maximum atomic E-state index is 13.4. The van der Waals surface area contributed by atoms with Crippen LogP contribution < -0.4 is 19.3 Å². The zero-order valence-corrected chi connectivity index (χ0v) is 22.5. The fourth-order valence-corrected chi connectivity index (χ4v) is 4.37. The molecule has 7 heteroatoms. The molecule has 1 aliphatic rings. The van der Waals surface area contributed by atoms with Crippen molar-refractivity contribution in [2.24, 2.45) is 5.92 Å². The van der Waals surface area contributed by atoms with Gasteiger partial charge in [0, 0.05) is 31.0 Å². The Bertz CT molecular complexity index is 1310. The maximum Gasteiger partial charge on any atom is 0.300 e. The number of nitrogens with zero attached hydrogens (tertiary/aromatic N) is 2. The van der Waals surface area contributed by atoms with Gasteiger partial charge in [-0.1, -0.05) is 26.0 Å². The third-order valence-corrected chi connectivity index (χ3v) is 6.31. The molecule has 3 aromatic carbocycles. The van der Waals surface area contributed by atoms with Crippen LogP contribution >= 0.6 is 0 Å². The number of rotatable bonds is 9. The lowest BCUT2D eigenvalue weighted by Gasteiger charge is -2.26. The molecule has 3 aromatic rings. The van der Waals surface area contributed by atoms with Crippen molar-refractivity contribution in [2.75, 3.05) is 37.1 Å². The van der Waals surface area contributed by atoms with Crippen LogP contribution in [0.2, 0.25) is 0 Å². The number of carbonyl (C=O) groups is 2. The summed E-state index contributed by atoms with van der Waals surface area (Å²) in [5, 5.41) is 11.4. The van der Waals surface area contributed by atoms with Gasteiger partial charge in [-0.2, -0.15) is 0 Å². The average Bonchev–Trinajstić information content (AvgIpc) is 3.18. The minimum Gasteiger partial charge on any atom is -0.507 e. The van der Waals surface area contributed by atoms with Gasteiger partial charge in [-0.15, -0.1) is 0 Å². The molecule has 1 N–H and O–H groups in total. The lowest BCUT2D eigenvalue weighted by atomic mass is 9.95. The van der Waals surface area contributed by atoms with E-state index in [0.717, 1.165) is 5.69 Å². The fraction of sp³-hybridized carbons (Fsp3) is 0.290. The molecule has 1 saturated heterocycles. The van der Waals surface area contributed by atoms with Gasteiger partial charge in [-0.25, -0.2) is 0 Å². The molecule has 0 aromatic heterocycles. The van der Waals surface area contributed by atoms with Gasteiger partial charge in [-0.05, 0) is 79.1 Å². The average molecular weight is 515 g/mol. The van der Waals surface area contributed by atoms with E-state index in [1.165, 1.54) is 4.90 Å². The molecule has 0 radical (unpaired) electrons. The third-order valence-electron chi connectivity index (χ3n) is 6.31. The predicted octanol–water partition coefficient (Wildman–Crippen LogP) is 5.81. The number of amides is 1. The minimum absolute atomic E-state index is 0.0392. The van der Waals surface area contributed by atoms with Gasteiger partial charge in [0.1, 0.15) is 17.3 Å². The van der Waals surface area contributed by atoms with Crippen molar-refractivity contribution in [3.8, 4) is 11.5 Å². The molecule has 1 unspecified atom stereocenters. The maximum absolute atomic E-state index is 13.4. The van der Waals surface area contributed by atoms with Gasteiger partial charge in [0.05, 0.1) is 24.8 Å². The normalized spacial score (nSPS) is 16.7. The molecule has 1 heterocycles. The summed E-state index contributed by atoms with van der Waals surface area (Å²) >= 11 is 0. The van der Waals surface area contributed by atoms with Crippen LogP contribution in [-0.4, -0.2) is 44.1 Å². The zero-order chi connectivity index (χ0) is 27.4. The van der Waals surface area contributed by atoms with Crippen molar-refractivity contribution in [3.63, 3.8) is 0 Å². The van der Waals surface area contributed by atoms with Crippen molar-refractivity contribution >= 4 is 28.8 Å². The van der Waals surface area contributed by atoms with Crippen molar-refractivity contribution < 1.29 is 24.2 Å². The quantitative estimate of drug-likeness (QED) is 0.220. The first-order valence-electron chi connectivity index (χ1n) is 12.8. The smallest absolute Gasteiger partial charge is 0.300 e. The Balaban J connectivity index is 1.80. The van der Waals surface area contributed by atoms with Gasteiger partial charge >= 0.3 is 0 Å². The monoisotopic (exact) mass is 514 g/mol. The molecule has 0 saturated carbocycles. The van der Waals surface area contributed by atoms with Crippen LogP contribution in [0.15, 0.2) is 78.4 Å². The summed E-state index contributed by atoms with van der Waals surface area (Å²) in [4.78, 5) is 30.2. The highest BCUT2D eigenvalue weighted by Gasteiger charge is 2.47. The van der Waals surface area contributed by atoms with E-state index in [4.69, 9.17) is 9.47 Å². The lowest BCUT2D eigenvalue weighted by molar-refractivity contribution is -0.132. The third kappa shape index (κ3) is 5.52. The fourth-order valence-electron chi connectivity index (χ4n) is 4.37. The van der Waals surface area contributed by atoms with Gasteiger partial charge in [-0.3, -0.25) is 14.5 Å². The molecule has 1 amide bonds. The van der Waals surface area contributed by atoms with E-state index in [-0.39, 0.29) is 11.3 Å². The minimum atomic E-state index is -0.805. The van der Waals surface area contributed by atoms with E-state index >= 15 is 0 Å². The number of aliphatic hydroxyl groups excluding tert-OH is 1. The van der Waals surface area contributed by atoms with Crippen LogP contribution in [-0.2, 0) is 9.59 Å². The molecule has 38 heavy (non-hydrogen) atoms. The molecular formula is C31H34N2O5. The van der Waals surface area contributed by atoms with Crippen LogP contribution in [0.4, 0.5) is 11.4 Å². The highest BCUT2D eigenvalue weighted by molar-refractivity contribution is 6.51. The largest absolute Gasteiger partial charge is 0.507 e. The van der Waals surface area contributed by atoms with Crippen molar-refractivity contribution in [2.45, 2.75) is 26.8 Å². The highest BCUT2D eigenvalue weighted by atomic mass is 16.5. The van der Waals surface area contributed by atoms with Crippen molar-refractivity contribution in [1.29, 1.82) is 0 Å². The second-order valence-corrected chi connectivity index (χ2v) is 9.81. The van der Waals surface area contributed by atoms with Crippen LogP contribution in [0.3, 0.4) is 0 Å². The number of aliphatic hydroxyl groups is 1. The van der Waals surface area contributed by atoms with Crippen LogP contribution in [0.1, 0.15) is 37.9 Å². The summed E-state index contributed by atoms with van der Waals surface area (Å²) in [5.41, 5.74) is 2.69. The number of benzene rings is 3. The summed E-state index contributed by atoms with van der Waals surface area (Å²) in [7, 11) is 3.88. The molecule has 0 aliphatic carbocycles. The van der Waals surface area contributed by atoms with E-state index in [9.17, 15) is 14.7 Å². The second kappa shape index (κ2) is 11.4. The topological polar surface area (TPSA) is 79.3 Å². The summed E-state index contributed by atoms with van der Waals surface area (Å²) in [6.45, 7) is 7.11. The van der Waals surface area contributed by atoms with Crippen LogP contribution in [0, 0.1) is 5.92 Å². The summed E-state index contributed by atoms with van der Waals surface area (Å²) in [6, 6.07) is 20.7. The van der Waals surface area contributed by atoms with Crippen molar-refractivity contribution in [3.05, 3.63) is 89.5 Å². The second-order valence-electron chi connectivity index (χ2n) is 9.81. The summed E-state index contributed by atoms with van der Waals surface area (Å²) in [6.07, 6.45) is 0. The SMILES string of the molecule is CCOc1ccc(N2C(=O)C(=O)/C(=C(\O)c3ccc(OCC(C)C)cc3)C2c2ccc(N(C)C)cc2)cc1. The molecule has 1 fully saturated rings. The Hall–Kier alpha value is -4.26. The van der Waals surface area contributed by atoms with E-state index in [0.29, 0.717) is 47.4 Å². The highest BCUT2D eigenvalue weighted by Crippen LogP contribution is 2.43. The van der Waals surface area contributed by atoms with Crippen molar-refractivity contribution in [1.82, 2.24) is 0 Å². The Morgan fingerprint density at radius 2 is 1.47 bits per heavy atom. The summed E-state index contributed by atoms with van der Waals surface area (Å²) < 4.78 is 11.3. The van der Waals surface area contributed by atoms with Gasteiger partial charge < -0.3 is 19.5 Å². The van der Waals surface area contributed by atoms with Crippen LogP contribution in [0.25, 0.3) is 5.76 Å². The number of hydrogen-bond donors (Lipinski definition) is 1. The standard InChI is InChI=1S/C31H34N2O5/c1-6-37-25-17-13-24(14-18-25)33-28(21-7-11-23(12-8-21)32(4)5)27(30(35)31(33)36)29(34)22-9-15-26(16-10-22)38-19-20(2)3/h7-18,20,28,34H,6,19H2,1-5H3/b29-27-. The van der Waals surface area contributed by atoms with Gasteiger partial charge in [0.25, 0.3) is 11.7 Å². The number of ketones is 1. The molecule has 0 bridgehead atoms. The first-order chi connectivity index (χ1) is 18.2. The molecule has 0 spiro atoms. The first-order valence-corrected chi connectivity index (χ1v) is 12.8. The van der Waals surface area contributed by atoms with Crippen LogP contribution in [0.5, 0.6) is 11.5 Å². The molecule has 4 rings (SSSR count). The number of anilines is 2. The lowest BCUT2D eigenvalue weighted by Crippen LogP contribution is -2.29. The predicted molar refractivity (Wildman–Crippen MR) is 150 cm³/mol. The van der Waals surface area contributed by atoms with Gasteiger partial charge in [0.2, 0.25) is 0 Å². The first kappa shape index (κ1) is 26.8. The number of Topliss-reactive ketones (excluding diaryl/α,β-unsaturated/α-hetero) is 1. The van der Waals surface area contributed by atoms with E-state index in [1.54, 1.807) is 48.5 Å².